The fourth-order valence-corrected chi connectivity index (χ4v) is 2.80. The molecule has 0 amide bonds. The van der Waals surface area contributed by atoms with Crippen LogP contribution in [-0.2, 0) is 12.1 Å². The number of halogens is 2. The number of aromatic nitrogens is 3. The summed E-state index contributed by atoms with van der Waals surface area (Å²) in [5, 5.41) is 16.1. The van der Waals surface area contributed by atoms with Crippen molar-refractivity contribution in [2.24, 2.45) is 0 Å². The zero-order valence-electron chi connectivity index (χ0n) is 13.3. The maximum absolute atomic E-state index is 11.0. The summed E-state index contributed by atoms with van der Waals surface area (Å²) in [6, 6.07) is 5.16. The van der Waals surface area contributed by atoms with E-state index in [-0.39, 0.29) is 52.8 Å². The summed E-state index contributed by atoms with van der Waals surface area (Å²) in [6.45, 7) is 2.40. The minimum atomic E-state index is -1.08. The van der Waals surface area contributed by atoms with Crippen LogP contribution in [-0.4, -0.2) is 19.9 Å². The molecule has 1 atom stereocenters. The Morgan fingerprint density at radius 3 is 2.71 bits per heavy atom. The number of benzene rings is 1. The van der Waals surface area contributed by atoms with Gasteiger partial charge in [0.05, 0.1) is 6.54 Å². The van der Waals surface area contributed by atoms with Crippen LogP contribution in [0.1, 0.15) is 33.2 Å². The van der Waals surface area contributed by atoms with E-state index < -0.39 is 5.60 Å². The normalized spacial score (nSPS) is 13.5. The van der Waals surface area contributed by atoms with E-state index in [1.165, 1.54) is 6.33 Å². The van der Waals surface area contributed by atoms with E-state index in [1.807, 2.05) is 0 Å². The molecule has 21 heavy (non-hydrogen) atoms. The maximum atomic E-state index is 11.0. The average molecular weight is 354 g/mol. The fraction of sp³-hybridized carbons (Fsp3) is 0.429. The summed E-state index contributed by atoms with van der Waals surface area (Å²) >= 11 is 12.2. The topological polar surface area (TPSA) is 50.9 Å². The van der Waals surface area contributed by atoms with Crippen LogP contribution in [0.3, 0.4) is 0 Å². The second kappa shape index (κ2) is 8.98. The van der Waals surface area contributed by atoms with Gasteiger partial charge in [-0.2, -0.15) is 5.10 Å². The van der Waals surface area contributed by atoms with Crippen molar-refractivity contribution >= 4 is 23.2 Å². The van der Waals surface area contributed by atoms with Crippen molar-refractivity contribution in [3.63, 3.8) is 0 Å². The predicted octanol–water partition coefficient (Wildman–Crippen LogP) is 0.779. The van der Waals surface area contributed by atoms with Gasteiger partial charge in [-0.05, 0) is 18.6 Å². The third-order valence-corrected chi connectivity index (χ3v) is 3.81. The Hall–Kier alpha value is 0.536. The maximum Gasteiger partial charge on any atom is 1.00 e. The molecule has 1 N–H and O–H groups in total. The van der Waals surface area contributed by atoms with Crippen molar-refractivity contribution in [2.45, 2.75) is 38.3 Å². The molecule has 0 saturated carbocycles. The van der Waals surface area contributed by atoms with Crippen molar-refractivity contribution in [3.05, 3.63) is 46.5 Å². The molecule has 0 aliphatic carbocycles. The average Bonchev–Trinajstić information content (AvgIpc) is 2.88. The molecule has 0 spiro atoms. The molecule has 0 saturated heterocycles. The van der Waals surface area contributed by atoms with Crippen molar-refractivity contribution in [1.29, 1.82) is 0 Å². The van der Waals surface area contributed by atoms with Crippen LogP contribution in [0.4, 0.5) is 0 Å². The molecule has 0 radical (unpaired) electrons. The molecule has 0 aliphatic rings. The van der Waals surface area contributed by atoms with Crippen LogP contribution in [0, 0.1) is 0 Å². The third kappa shape index (κ3) is 5.29. The quantitative estimate of drug-likeness (QED) is 0.780. The Labute approximate surface area is 178 Å². The molecule has 0 bridgehead atoms. The summed E-state index contributed by atoms with van der Waals surface area (Å²) in [6.07, 6.45) is 5.52. The van der Waals surface area contributed by atoms with E-state index in [4.69, 9.17) is 23.2 Å². The third-order valence-electron chi connectivity index (χ3n) is 3.27. The van der Waals surface area contributed by atoms with Crippen LogP contribution in [0.25, 0.3) is 0 Å². The molecule has 1 aromatic heterocycles. The van der Waals surface area contributed by atoms with E-state index >= 15 is 0 Å². The first kappa shape index (κ1) is 19.6. The monoisotopic (exact) mass is 353 g/mol. The molecule has 7 heteroatoms. The largest absolute Gasteiger partial charge is 1.00 e. The summed E-state index contributed by atoms with van der Waals surface area (Å²) in [4.78, 5) is 3.90. The molecule has 2 rings (SSSR count). The minimum Gasteiger partial charge on any atom is -1.00 e. The molecular weight excluding hydrogens is 336 g/mol. The van der Waals surface area contributed by atoms with Crippen LogP contribution in [0.15, 0.2) is 30.9 Å². The molecular formula is C14H18Cl2KN3O. The molecule has 0 fully saturated rings. The van der Waals surface area contributed by atoms with Gasteiger partial charge in [0.25, 0.3) is 0 Å². The predicted molar refractivity (Wildman–Crippen MR) is 81.0 cm³/mol. The Kier molecular flexibility index (Phi) is 8.38. The van der Waals surface area contributed by atoms with Gasteiger partial charge in [-0.25, -0.2) is 9.67 Å². The van der Waals surface area contributed by atoms with Gasteiger partial charge >= 0.3 is 51.4 Å². The second-order valence-corrected chi connectivity index (χ2v) is 5.70. The van der Waals surface area contributed by atoms with Gasteiger partial charge in [0, 0.05) is 15.6 Å². The first-order chi connectivity index (χ1) is 9.55. The van der Waals surface area contributed by atoms with E-state index in [0.29, 0.717) is 28.6 Å². The van der Waals surface area contributed by atoms with Gasteiger partial charge in [-0.15, -0.1) is 0 Å². The Balaban J connectivity index is 0.00000220. The molecule has 1 unspecified atom stereocenters. The zero-order valence-corrected chi connectivity index (χ0v) is 16.9. The van der Waals surface area contributed by atoms with Gasteiger partial charge in [0.1, 0.15) is 18.3 Å². The number of aliphatic hydroxyl groups is 1. The van der Waals surface area contributed by atoms with Crippen molar-refractivity contribution in [3.8, 4) is 0 Å². The summed E-state index contributed by atoms with van der Waals surface area (Å²) in [5.41, 5.74) is -0.404. The molecule has 2 aromatic rings. The van der Waals surface area contributed by atoms with Gasteiger partial charge in [-0.3, -0.25) is 0 Å². The van der Waals surface area contributed by atoms with E-state index in [0.717, 1.165) is 12.8 Å². The summed E-state index contributed by atoms with van der Waals surface area (Å²) in [7, 11) is 0. The van der Waals surface area contributed by atoms with Crippen LogP contribution >= 0.6 is 23.2 Å². The van der Waals surface area contributed by atoms with E-state index in [1.54, 1.807) is 29.2 Å². The Morgan fingerprint density at radius 1 is 1.38 bits per heavy atom. The number of hydrogen-bond acceptors (Lipinski definition) is 3. The number of rotatable bonds is 6. The summed E-state index contributed by atoms with van der Waals surface area (Å²) < 4.78 is 1.61. The number of hydrogen-bond donors (Lipinski definition) is 1. The van der Waals surface area contributed by atoms with Gasteiger partial charge < -0.3 is 6.53 Å². The Bertz CT molecular complexity index is 571. The first-order valence-corrected chi connectivity index (χ1v) is 7.31. The fourth-order valence-electron chi connectivity index (χ4n) is 2.22. The van der Waals surface area contributed by atoms with Gasteiger partial charge in [-0.1, -0.05) is 49.0 Å². The minimum absolute atomic E-state index is 0. The van der Waals surface area contributed by atoms with Crippen molar-refractivity contribution in [2.75, 3.05) is 0 Å². The van der Waals surface area contributed by atoms with Gasteiger partial charge in [0.15, 0.2) is 0 Å². The van der Waals surface area contributed by atoms with Crippen LogP contribution < -0.4 is 51.4 Å². The van der Waals surface area contributed by atoms with Gasteiger partial charge in [0.2, 0.25) is 0 Å². The smallest absolute Gasteiger partial charge is 1.00 e. The second-order valence-electron chi connectivity index (χ2n) is 4.85. The van der Waals surface area contributed by atoms with E-state index in [9.17, 15) is 5.11 Å². The van der Waals surface area contributed by atoms with E-state index in [2.05, 4.69) is 17.0 Å². The van der Waals surface area contributed by atoms with Crippen molar-refractivity contribution in [1.82, 2.24) is 14.8 Å². The number of unbranched alkanes of at least 4 members (excludes halogenated alkanes) is 1. The molecule has 1 aromatic carbocycles. The standard InChI is InChI=1S/C14H17Cl2N3O.K.H/c1-2-3-6-14(20,8-19-10-17-9-18-19)12-5-4-11(15)7-13(12)16;;/h4-5,7,9-10,20H,2-3,6,8H2,1H3;;/q;+1;-1. The first-order valence-electron chi connectivity index (χ1n) is 6.55. The van der Waals surface area contributed by atoms with Crippen molar-refractivity contribution < 1.29 is 57.9 Å². The zero-order chi connectivity index (χ0) is 14.6. The van der Waals surface area contributed by atoms with Crippen LogP contribution in [0.5, 0.6) is 0 Å². The molecule has 0 aliphatic heterocycles. The van der Waals surface area contributed by atoms with Crippen LogP contribution in [0.2, 0.25) is 10.0 Å². The molecule has 1 heterocycles. The molecule has 4 nitrogen and oxygen atoms in total. The Morgan fingerprint density at radius 2 is 2.14 bits per heavy atom. The summed E-state index contributed by atoms with van der Waals surface area (Å²) in [5.74, 6) is 0. The number of nitrogens with zero attached hydrogens (tertiary/aromatic N) is 3. The SMILES string of the molecule is CCCCC(O)(Cn1cncn1)c1ccc(Cl)cc1Cl.[H-].[K+]. The molecule has 110 valence electrons.